The zero-order chi connectivity index (χ0) is 29.3. The van der Waals surface area contributed by atoms with Gasteiger partial charge in [-0.1, -0.05) is 60.2 Å². The molecule has 0 spiro atoms. The van der Waals surface area contributed by atoms with Crippen molar-refractivity contribution in [3.63, 3.8) is 0 Å². The van der Waals surface area contributed by atoms with Crippen LogP contribution in [0, 0.1) is 20.8 Å². The van der Waals surface area contributed by atoms with Crippen molar-refractivity contribution >= 4 is 50.5 Å². The van der Waals surface area contributed by atoms with E-state index in [9.17, 15) is 0 Å². The molecule has 0 radical (unpaired) electrons. The zero-order valence-corrected chi connectivity index (χ0v) is 24.5. The van der Waals surface area contributed by atoms with Crippen molar-refractivity contribution in [2.75, 3.05) is 10.2 Å². The second-order valence-corrected chi connectivity index (χ2v) is 11.1. The molecule has 0 aliphatic carbocycles. The van der Waals surface area contributed by atoms with Crippen molar-refractivity contribution in [3.05, 3.63) is 150 Å². The van der Waals surface area contributed by atoms with Gasteiger partial charge in [-0.15, -0.1) is 0 Å². The predicted molar refractivity (Wildman–Crippen MR) is 181 cm³/mol. The summed E-state index contributed by atoms with van der Waals surface area (Å²) >= 11 is 0. The predicted octanol–water partition coefficient (Wildman–Crippen LogP) is 10.6. The third-order valence-corrected chi connectivity index (χ3v) is 7.87. The summed E-state index contributed by atoms with van der Waals surface area (Å²) in [6, 6.07) is 46.5. The van der Waals surface area contributed by atoms with E-state index < -0.39 is 0 Å². The summed E-state index contributed by atoms with van der Waals surface area (Å²) in [5.41, 5.74) is 11.6. The summed E-state index contributed by atoms with van der Waals surface area (Å²) in [6.07, 6.45) is 0. The van der Waals surface area contributed by atoms with Gasteiger partial charge in [0.2, 0.25) is 0 Å². The number of benzene rings is 5. The van der Waals surface area contributed by atoms with Gasteiger partial charge in [-0.2, -0.15) is 0 Å². The second-order valence-electron chi connectivity index (χ2n) is 11.1. The SMILES string of the molecule is Cc1cc(C)c(-c2ccc3nc(Nc4ccc5cc(N(c6ccccc6)c6ccccc6)ccc5n4)ccc3c2)c(C)c1. The van der Waals surface area contributed by atoms with Gasteiger partial charge in [0.1, 0.15) is 11.6 Å². The summed E-state index contributed by atoms with van der Waals surface area (Å²) in [6.45, 7) is 6.52. The fourth-order valence-corrected chi connectivity index (χ4v) is 6.04. The normalized spacial score (nSPS) is 11.1. The monoisotopic (exact) mass is 556 g/mol. The van der Waals surface area contributed by atoms with E-state index in [2.05, 4.69) is 140 Å². The Bertz CT molecular complexity index is 2020. The standard InChI is InChI=1S/C39H32N4/c1-26-22-27(2)39(28(3)23-26)31-14-18-35-29(24-31)15-20-37(40-35)42-38-21-16-30-25-34(17-19-36(30)41-38)43(32-10-6-4-7-11-32)33-12-8-5-9-13-33/h4-25H,1-3H3,(H,40,41,42). The van der Waals surface area contributed by atoms with E-state index in [0.717, 1.165) is 50.5 Å². The summed E-state index contributed by atoms with van der Waals surface area (Å²) in [4.78, 5) is 12.1. The topological polar surface area (TPSA) is 41.1 Å². The number of nitrogens with zero attached hydrogens (tertiary/aromatic N) is 3. The largest absolute Gasteiger partial charge is 0.325 e. The Kier molecular flexibility index (Phi) is 6.80. The Balaban J connectivity index is 1.16. The minimum Gasteiger partial charge on any atom is -0.325 e. The maximum atomic E-state index is 4.91. The first-order chi connectivity index (χ1) is 21.0. The highest BCUT2D eigenvalue weighted by molar-refractivity contribution is 5.89. The molecule has 0 fully saturated rings. The van der Waals surface area contributed by atoms with E-state index in [4.69, 9.17) is 9.97 Å². The molecule has 1 N–H and O–H groups in total. The molecular formula is C39H32N4. The minimum absolute atomic E-state index is 0.762. The Morgan fingerprint density at radius 2 is 1.02 bits per heavy atom. The fraction of sp³-hybridized carbons (Fsp3) is 0.0769. The number of para-hydroxylation sites is 2. The molecule has 5 aromatic carbocycles. The first kappa shape index (κ1) is 26.4. The van der Waals surface area contributed by atoms with Crippen LogP contribution in [-0.4, -0.2) is 9.97 Å². The average molecular weight is 557 g/mol. The molecule has 208 valence electrons. The summed E-state index contributed by atoms with van der Waals surface area (Å²) < 4.78 is 0. The highest BCUT2D eigenvalue weighted by atomic mass is 15.1. The highest BCUT2D eigenvalue weighted by Gasteiger charge is 2.13. The number of rotatable bonds is 6. The molecule has 43 heavy (non-hydrogen) atoms. The van der Waals surface area contributed by atoms with E-state index in [1.807, 2.05) is 24.3 Å². The summed E-state index contributed by atoms with van der Waals surface area (Å²) in [5, 5.41) is 5.60. The Labute approximate surface area is 252 Å². The number of hydrogen-bond acceptors (Lipinski definition) is 4. The van der Waals surface area contributed by atoms with Crippen LogP contribution in [0.15, 0.2) is 133 Å². The zero-order valence-electron chi connectivity index (χ0n) is 24.5. The van der Waals surface area contributed by atoms with Crippen molar-refractivity contribution in [1.82, 2.24) is 9.97 Å². The number of pyridine rings is 2. The van der Waals surface area contributed by atoms with Gasteiger partial charge < -0.3 is 10.2 Å². The Hall–Kier alpha value is -5.48. The van der Waals surface area contributed by atoms with Gasteiger partial charge in [0.25, 0.3) is 0 Å². The number of anilines is 5. The fourth-order valence-electron chi connectivity index (χ4n) is 6.04. The molecular weight excluding hydrogens is 524 g/mol. The van der Waals surface area contributed by atoms with Crippen LogP contribution in [0.5, 0.6) is 0 Å². The smallest absolute Gasteiger partial charge is 0.132 e. The van der Waals surface area contributed by atoms with E-state index in [-0.39, 0.29) is 0 Å². The second kappa shape index (κ2) is 11.1. The van der Waals surface area contributed by atoms with E-state index in [1.165, 1.54) is 27.8 Å². The quantitative estimate of drug-likeness (QED) is 0.221. The Morgan fingerprint density at radius 1 is 0.488 bits per heavy atom. The minimum atomic E-state index is 0.762. The van der Waals surface area contributed by atoms with Gasteiger partial charge >= 0.3 is 0 Å². The number of fused-ring (bicyclic) bond motifs is 2. The van der Waals surface area contributed by atoms with Gasteiger partial charge in [-0.05, 0) is 122 Å². The molecule has 4 heteroatoms. The van der Waals surface area contributed by atoms with Crippen molar-refractivity contribution < 1.29 is 0 Å². The highest BCUT2D eigenvalue weighted by Crippen LogP contribution is 2.36. The maximum Gasteiger partial charge on any atom is 0.132 e. The molecule has 2 heterocycles. The summed E-state index contributed by atoms with van der Waals surface area (Å²) in [7, 11) is 0. The van der Waals surface area contributed by atoms with Crippen LogP contribution >= 0.6 is 0 Å². The molecule has 0 amide bonds. The van der Waals surface area contributed by atoms with Crippen LogP contribution < -0.4 is 10.2 Å². The lowest BCUT2D eigenvalue weighted by atomic mass is 9.93. The number of hydrogen-bond donors (Lipinski definition) is 1. The lowest BCUT2D eigenvalue weighted by Gasteiger charge is -2.25. The van der Waals surface area contributed by atoms with Crippen LogP contribution in [0.4, 0.5) is 28.7 Å². The first-order valence-corrected chi connectivity index (χ1v) is 14.6. The molecule has 4 nitrogen and oxygen atoms in total. The third kappa shape index (κ3) is 5.31. The van der Waals surface area contributed by atoms with Gasteiger partial charge in [-0.3, -0.25) is 0 Å². The molecule has 0 saturated carbocycles. The third-order valence-electron chi connectivity index (χ3n) is 7.87. The van der Waals surface area contributed by atoms with Crippen molar-refractivity contribution in [2.45, 2.75) is 20.8 Å². The molecule has 7 rings (SSSR count). The van der Waals surface area contributed by atoms with Gasteiger partial charge in [0.05, 0.1) is 11.0 Å². The van der Waals surface area contributed by atoms with Crippen molar-refractivity contribution in [1.29, 1.82) is 0 Å². The molecule has 0 aliphatic heterocycles. The molecule has 0 bridgehead atoms. The van der Waals surface area contributed by atoms with Crippen LogP contribution in [0.25, 0.3) is 32.9 Å². The number of aryl methyl sites for hydroxylation is 3. The van der Waals surface area contributed by atoms with Gasteiger partial charge in [0, 0.05) is 27.8 Å². The van der Waals surface area contributed by atoms with Crippen LogP contribution in [-0.2, 0) is 0 Å². The number of aromatic nitrogens is 2. The molecule has 0 saturated heterocycles. The maximum absolute atomic E-state index is 4.91. The van der Waals surface area contributed by atoms with Gasteiger partial charge in [-0.25, -0.2) is 9.97 Å². The molecule has 0 aliphatic rings. The average Bonchev–Trinajstić information content (AvgIpc) is 3.02. The van der Waals surface area contributed by atoms with Crippen molar-refractivity contribution in [2.24, 2.45) is 0 Å². The van der Waals surface area contributed by atoms with E-state index in [0.29, 0.717) is 0 Å². The molecule has 7 aromatic rings. The molecule has 0 unspecified atom stereocenters. The van der Waals surface area contributed by atoms with Crippen molar-refractivity contribution in [3.8, 4) is 11.1 Å². The van der Waals surface area contributed by atoms with Crippen LogP contribution in [0.3, 0.4) is 0 Å². The van der Waals surface area contributed by atoms with Crippen LogP contribution in [0.1, 0.15) is 16.7 Å². The van der Waals surface area contributed by atoms with E-state index in [1.54, 1.807) is 0 Å². The molecule has 0 atom stereocenters. The van der Waals surface area contributed by atoms with Crippen LogP contribution in [0.2, 0.25) is 0 Å². The number of nitrogens with one attached hydrogen (secondary N) is 1. The van der Waals surface area contributed by atoms with E-state index >= 15 is 0 Å². The Morgan fingerprint density at radius 3 is 1.60 bits per heavy atom. The first-order valence-electron chi connectivity index (χ1n) is 14.6. The molecule has 2 aromatic heterocycles. The van der Waals surface area contributed by atoms with Gasteiger partial charge in [0.15, 0.2) is 0 Å². The lowest BCUT2D eigenvalue weighted by Crippen LogP contribution is -2.09. The lowest BCUT2D eigenvalue weighted by molar-refractivity contribution is 1.28. The summed E-state index contributed by atoms with van der Waals surface area (Å²) in [5.74, 6) is 1.53.